The molecule has 0 radical (unpaired) electrons. The number of aromatic nitrogens is 5. The van der Waals surface area contributed by atoms with E-state index < -0.39 is 0 Å². The minimum Gasteiger partial charge on any atom is -0.378 e. The summed E-state index contributed by atoms with van der Waals surface area (Å²) < 4.78 is 7.12. The zero-order valence-electron chi connectivity index (χ0n) is 13.7. The molecule has 0 aromatic carbocycles. The molecule has 1 saturated heterocycles. The molecule has 124 valence electrons. The Morgan fingerprint density at radius 3 is 2.71 bits per heavy atom. The largest absolute Gasteiger partial charge is 0.378 e. The molecule has 0 unspecified atom stereocenters. The van der Waals surface area contributed by atoms with E-state index >= 15 is 0 Å². The molecular weight excluding hydrogens is 306 g/mol. The summed E-state index contributed by atoms with van der Waals surface area (Å²) in [6.45, 7) is 5.13. The Bertz CT molecular complexity index is 853. The Morgan fingerprint density at radius 1 is 1.12 bits per heavy atom. The summed E-state index contributed by atoms with van der Waals surface area (Å²) in [7, 11) is 1.87. The molecule has 1 aliphatic rings. The van der Waals surface area contributed by atoms with Gasteiger partial charge >= 0.3 is 0 Å². The lowest BCUT2D eigenvalue weighted by Crippen LogP contribution is -2.36. The van der Waals surface area contributed by atoms with Crippen molar-refractivity contribution in [1.82, 2.24) is 24.7 Å². The number of nitrogens with one attached hydrogen (secondary N) is 1. The van der Waals surface area contributed by atoms with Gasteiger partial charge in [-0.3, -0.25) is 4.68 Å². The van der Waals surface area contributed by atoms with Gasteiger partial charge in [0.1, 0.15) is 17.5 Å². The number of aryl methyl sites for hydroxylation is 2. The Hall–Kier alpha value is -2.74. The maximum atomic E-state index is 5.37. The number of ether oxygens (including phenoxy) is 1. The smallest absolute Gasteiger partial charge is 0.163 e. The summed E-state index contributed by atoms with van der Waals surface area (Å²) in [5, 5.41) is 8.46. The lowest BCUT2D eigenvalue weighted by Gasteiger charge is -2.27. The van der Waals surface area contributed by atoms with Crippen LogP contribution < -0.4 is 10.2 Å². The molecule has 0 saturated carbocycles. The number of fused-ring (bicyclic) bond motifs is 1. The summed E-state index contributed by atoms with van der Waals surface area (Å²) in [5.41, 5.74) is 1.69. The standard InChI is InChI=1S/C16H19N7O/c1-11-19-15(13-10-18-22(2)16(13)20-11)21-12-3-4-14(17-9-12)23-5-7-24-8-6-23/h3-4,9-10H,5-8H2,1-2H3,(H,19,20,21). The van der Waals surface area contributed by atoms with Gasteiger partial charge < -0.3 is 15.0 Å². The van der Waals surface area contributed by atoms with Crippen LogP contribution in [-0.2, 0) is 11.8 Å². The van der Waals surface area contributed by atoms with Crippen LogP contribution in [0.2, 0.25) is 0 Å². The maximum Gasteiger partial charge on any atom is 0.163 e. The van der Waals surface area contributed by atoms with Gasteiger partial charge in [-0.25, -0.2) is 15.0 Å². The number of pyridine rings is 1. The zero-order chi connectivity index (χ0) is 16.5. The minimum atomic E-state index is 0.700. The quantitative estimate of drug-likeness (QED) is 0.784. The van der Waals surface area contributed by atoms with Crippen LogP contribution in [0.15, 0.2) is 24.5 Å². The van der Waals surface area contributed by atoms with Gasteiger partial charge in [-0.1, -0.05) is 0 Å². The number of anilines is 3. The summed E-state index contributed by atoms with van der Waals surface area (Å²) in [4.78, 5) is 15.7. The summed E-state index contributed by atoms with van der Waals surface area (Å²) in [6, 6.07) is 4.03. The highest BCUT2D eigenvalue weighted by Gasteiger charge is 2.13. The van der Waals surface area contributed by atoms with Crippen molar-refractivity contribution in [3.05, 3.63) is 30.4 Å². The lowest BCUT2D eigenvalue weighted by molar-refractivity contribution is 0.122. The van der Waals surface area contributed by atoms with E-state index in [0.717, 1.165) is 54.7 Å². The fourth-order valence-electron chi connectivity index (χ4n) is 2.80. The molecule has 0 aliphatic carbocycles. The van der Waals surface area contributed by atoms with E-state index in [-0.39, 0.29) is 0 Å². The number of nitrogens with zero attached hydrogens (tertiary/aromatic N) is 6. The molecule has 4 rings (SSSR count). The third-order valence-electron chi connectivity index (χ3n) is 4.05. The van der Waals surface area contributed by atoms with Crippen LogP contribution >= 0.6 is 0 Å². The number of morpholine rings is 1. The topological polar surface area (TPSA) is 81.0 Å². The molecule has 24 heavy (non-hydrogen) atoms. The minimum absolute atomic E-state index is 0.700. The average molecular weight is 325 g/mol. The highest BCUT2D eigenvalue weighted by Crippen LogP contribution is 2.24. The molecule has 0 bridgehead atoms. The van der Waals surface area contributed by atoms with Crippen molar-refractivity contribution >= 4 is 28.4 Å². The molecule has 1 fully saturated rings. The fourth-order valence-corrected chi connectivity index (χ4v) is 2.80. The van der Waals surface area contributed by atoms with Crippen LogP contribution in [0.3, 0.4) is 0 Å². The predicted octanol–water partition coefficient (Wildman–Crippen LogP) is 1.65. The van der Waals surface area contributed by atoms with Crippen molar-refractivity contribution in [3.8, 4) is 0 Å². The molecule has 0 atom stereocenters. The molecular formula is C16H19N7O. The van der Waals surface area contributed by atoms with E-state index in [4.69, 9.17) is 4.74 Å². The van der Waals surface area contributed by atoms with Crippen molar-refractivity contribution in [1.29, 1.82) is 0 Å². The third-order valence-corrected chi connectivity index (χ3v) is 4.05. The number of hydrogen-bond donors (Lipinski definition) is 1. The number of rotatable bonds is 3. The molecule has 3 aromatic rings. The van der Waals surface area contributed by atoms with E-state index in [9.17, 15) is 0 Å². The molecule has 1 aliphatic heterocycles. The van der Waals surface area contributed by atoms with Gasteiger partial charge in [0.15, 0.2) is 5.65 Å². The lowest BCUT2D eigenvalue weighted by atomic mass is 10.3. The molecule has 1 N–H and O–H groups in total. The van der Waals surface area contributed by atoms with E-state index in [0.29, 0.717) is 5.82 Å². The van der Waals surface area contributed by atoms with Crippen molar-refractivity contribution in [2.75, 3.05) is 36.5 Å². The van der Waals surface area contributed by atoms with Gasteiger partial charge in [0.05, 0.1) is 36.7 Å². The summed E-state index contributed by atoms with van der Waals surface area (Å²) >= 11 is 0. The van der Waals surface area contributed by atoms with Crippen LogP contribution in [0.5, 0.6) is 0 Å². The second-order valence-corrected chi connectivity index (χ2v) is 5.75. The van der Waals surface area contributed by atoms with Gasteiger partial charge in [0, 0.05) is 20.1 Å². The first-order valence-corrected chi connectivity index (χ1v) is 7.93. The summed E-state index contributed by atoms with van der Waals surface area (Å²) in [5.74, 6) is 2.41. The van der Waals surface area contributed by atoms with Crippen LogP contribution in [0, 0.1) is 6.92 Å². The van der Waals surface area contributed by atoms with E-state index in [1.54, 1.807) is 10.9 Å². The number of hydrogen-bond acceptors (Lipinski definition) is 7. The second-order valence-electron chi connectivity index (χ2n) is 5.75. The molecule has 8 heteroatoms. The monoisotopic (exact) mass is 325 g/mol. The molecule has 0 amide bonds. The van der Waals surface area contributed by atoms with Crippen molar-refractivity contribution in [2.45, 2.75) is 6.92 Å². The molecule has 0 spiro atoms. The maximum absolute atomic E-state index is 5.37. The van der Waals surface area contributed by atoms with Crippen LogP contribution in [0.25, 0.3) is 11.0 Å². The Morgan fingerprint density at radius 2 is 1.96 bits per heavy atom. The highest BCUT2D eigenvalue weighted by molar-refractivity contribution is 5.88. The molecule has 4 heterocycles. The second kappa shape index (κ2) is 6.04. The van der Waals surface area contributed by atoms with E-state index in [1.165, 1.54) is 0 Å². The molecule has 3 aromatic heterocycles. The van der Waals surface area contributed by atoms with Gasteiger partial charge in [-0.2, -0.15) is 5.10 Å². The predicted molar refractivity (Wildman–Crippen MR) is 91.6 cm³/mol. The van der Waals surface area contributed by atoms with Gasteiger partial charge in [0.25, 0.3) is 0 Å². The van der Waals surface area contributed by atoms with Gasteiger partial charge in [-0.15, -0.1) is 0 Å². The zero-order valence-corrected chi connectivity index (χ0v) is 13.7. The van der Waals surface area contributed by atoms with Gasteiger partial charge in [0.2, 0.25) is 0 Å². The Balaban J connectivity index is 1.59. The highest BCUT2D eigenvalue weighted by atomic mass is 16.5. The first kappa shape index (κ1) is 14.8. The van der Waals surface area contributed by atoms with Crippen molar-refractivity contribution < 1.29 is 4.74 Å². The van der Waals surface area contributed by atoms with Crippen molar-refractivity contribution in [3.63, 3.8) is 0 Å². The Labute approximate surface area is 139 Å². The van der Waals surface area contributed by atoms with E-state index in [1.807, 2.05) is 32.3 Å². The van der Waals surface area contributed by atoms with Crippen LogP contribution in [0.4, 0.5) is 17.3 Å². The Kier molecular flexibility index (Phi) is 3.73. The van der Waals surface area contributed by atoms with Crippen molar-refractivity contribution in [2.24, 2.45) is 7.05 Å². The third kappa shape index (κ3) is 2.76. The normalized spacial score (nSPS) is 15.0. The SMILES string of the molecule is Cc1nc(Nc2ccc(N3CCOCC3)nc2)c2cnn(C)c2n1. The van der Waals surface area contributed by atoms with Gasteiger partial charge in [-0.05, 0) is 19.1 Å². The fraction of sp³-hybridized carbons (Fsp3) is 0.375. The van der Waals surface area contributed by atoms with Crippen LogP contribution in [-0.4, -0.2) is 51.0 Å². The first-order valence-electron chi connectivity index (χ1n) is 7.93. The van der Waals surface area contributed by atoms with Crippen LogP contribution in [0.1, 0.15) is 5.82 Å². The van der Waals surface area contributed by atoms with E-state index in [2.05, 4.69) is 30.3 Å². The first-order chi connectivity index (χ1) is 11.7. The summed E-state index contributed by atoms with van der Waals surface area (Å²) in [6.07, 6.45) is 3.59. The average Bonchev–Trinajstić information content (AvgIpc) is 2.98. The molecule has 8 nitrogen and oxygen atoms in total.